The van der Waals surface area contributed by atoms with E-state index in [1.165, 1.54) is 18.3 Å². The van der Waals surface area contributed by atoms with Crippen LogP contribution >= 0.6 is 15.9 Å². The quantitative estimate of drug-likeness (QED) is 0.372. The molecule has 1 aliphatic heterocycles. The van der Waals surface area contributed by atoms with Gasteiger partial charge in [0.15, 0.2) is 11.6 Å². The van der Waals surface area contributed by atoms with E-state index in [0.717, 1.165) is 12.8 Å². The monoisotopic (exact) mass is 561 g/mol. The maximum absolute atomic E-state index is 14.4. The lowest BCUT2D eigenvalue weighted by atomic mass is 10.1. The molecule has 1 N–H and O–H groups in total. The molecule has 3 heterocycles. The zero-order chi connectivity index (χ0) is 25.9. The number of pyridine rings is 1. The predicted octanol–water partition coefficient (Wildman–Crippen LogP) is 6.18. The Bertz CT molecular complexity index is 1250. The SMILES string of the molecule is CC(C)(C)OC(=O)N1CCCC(Nc2nccc(-c3cccnc3Oc3ccc(Br)c(F)c3F)n2)C1. The van der Waals surface area contributed by atoms with E-state index in [1.54, 1.807) is 29.3 Å². The minimum atomic E-state index is -1.13. The van der Waals surface area contributed by atoms with Crippen LogP contribution in [0.5, 0.6) is 11.6 Å². The summed E-state index contributed by atoms with van der Waals surface area (Å²) in [5.41, 5.74) is 0.390. The summed E-state index contributed by atoms with van der Waals surface area (Å²) in [5, 5.41) is 3.28. The molecule has 3 aromatic rings. The molecule has 0 bridgehead atoms. The highest BCUT2D eigenvalue weighted by molar-refractivity contribution is 9.10. The summed E-state index contributed by atoms with van der Waals surface area (Å²) in [6.07, 6.45) is 4.36. The molecule has 1 aliphatic rings. The minimum Gasteiger partial charge on any atom is -0.444 e. The van der Waals surface area contributed by atoms with Crippen LogP contribution in [0.1, 0.15) is 33.6 Å². The summed E-state index contributed by atoms with van der Waals surface area (Å²) >= 11 is 2.95. The molecule has 0 aliphatic carbocycles. The number of hydrogen-bond donors (Lipinski definition) is 1. The molecule has 1 unspecified atom stereocenters. The van der Waals surface area contributed by atoms with Crippen LogP contribution in [0.2, 0.25) is 0 Å². The van der Waals surface area contributed by atoms with Crippen LogP contribution in [0, 0.1) is 11.6 Å². The second-order valence-corrected chi connectivity index (χ2v) is 10.2. The third-order valence-electron chi connectivity index (χ3n) is 5.32. The molecule has 0 radical (unpaired) electrons. The lowest BCUT2D eigenvalue weighted by Gasteiger charge is -2.34. The molecule has 0 spiro atoms. The van der Waals surface area contributed by atoms with Crippen LogP contribution < -0.4 is 10.1 Å². The first kappa shape index (κ1) is 25.7. The van der Waals surface area contributed by atoms with Gasteiger partial charge in [-0.05, 0) is 79.9 Å². The number of halogens is 3. The number of anilines is 1. The van der Waals surface area contributed by atoms with Crippen molar-refractivity contribution in [2.24, 2.45) is 0 Å². The van der Waals surface area contributed by atoms with Gasteiger partial charge in [-0.3, -0.25) is 0 Å². The van der Waals surface area contributed by atoms with Crippen LogP contribution in [-0.2, 0) is 4.74 Å². The fourth-order valence-corrected chi connectivity index (χ4v) is 4.01. The molecule has 1 atom stereocenters. The van der Waals surface area contributed by atoms with Crippen LogP contribution in [0.4, 0.5) is 19.5 Å². The summed E-state index contributed by atoms with van der Waals surface area (Å²) in [6, 6.07) is 7.68. The Hall–Kier alpha value is -3.34. The lowest BCUT2D eigenvalue weighted by molar-refractivity contribution is 0.0206. The Morgan fingerprint density at radius 3 is 2.72 bits per heavy atom. The number of likely N-dealkylation sites (tertiary alicyclic amines) is 1. The summed E-state index contributed by atoms with van der Waals surface area (Å²) in [6.45, 7) is 6.58. The van der Waals surface area contributed by atoms with E-state index in [0.29, 0.717) is 30.3 Å². The average molecular weight is 562 g/mol. The molecular formula is C25H26BrF2N5O3. The first-order chi connectivity index (χ1) is 17.1. The van der Waals surface area contributed by atoms with E-state index in [1.807, 2.05) is 20.8 Å². The van der Waals surface area contributed by atoms with Crippen molar-refractivity contribution >= 4 is 28.0 Å². The highest BCUT2D eigenvalue weighted by Crippen LogP contribution is 2.34. The Balaban J connectivity index is 1.51. The summed E-state index contributed by atoms with van der Waals surface area (Å²) in [4.78, 5) is 27.2. The van der Waals surface area contributed by atoms with Gasteiger partial charge in [-0.15, -0.1) is 0 Å². The van der Waals surface area contributed by atoms with Crippen molar-refractivity contribution < 1.29 is 23.0 Å². The van der Waals surface area contributed by atoms with E-state index in [2.05, 4.69) is 36.2 Å². The zero-order valence-electron chi connectivity index (χ0n) is 20.1. The molecule has 1 aromatic carbocycles. The number of benzene rings is 1. The number of rotatable bonds is 5. The topological polar surface area (TPSA) is 89.5 Å². The first-order valence-corrected chi connectivity index (χ1v) is 12.2. The maximum atomic E-state index is 14.4. The fraction of sp³-hybridized carbons (Fsp3) is 0.360. The number of nitrogens with one attached hydrogen (secondary N) is 1. The van der Waals surface area contributed by atoms with Gasteiger partial charge in [0.05, 0.1) is 15.7 Å². The largest absolute Gasteiger partial charge is 0.444 e. The number of carbonyl (C=O) groups excluding carboxylic acids is 1. The van der Waals surface area contributed by atoms with E-state index >= 15 is 0 Å². The molecule has 1 fully saturated rings. The van der Waals surface area contributed by atoms with E-state index in [-0.39, 0.29) is 28.2 Å². The number of aromatic nitrogens is 3. The van der Waals surface area contributed by atoms with Crippen molar-refractivity contribution in [1.29, 1.82) is 0 Å². The van der Waals surface area contributed by atoms with Crippen molar-refractivity contribution in [2.45, 2.75) is 45.3 Å². The van der Waals surface area contributed by atoms with Crippen molar-refractivity contribution in [1.82, 2.24) is 19.9 Å². The molecule has 1 amide bonds. The van der Waals surface area contributed by atoms with E-state index in [4.69, 9.17) is 9.47 Å². The molecule has 11 heteroatoms. The van der Waals surface area contributed by atoms with Gasteiger partial charge in [0.25, 0.3) is 0 Å². The van der Waals surface area contributed by atoms with Crippen LogP contribution in [0.15, 0.2) is 47.2 Å². The Kier molecular flexibility index (Phi) is 7.67. The lowest BCUT2D eigenvalue weighted by Crippen LogP contribution is -2.47. The van der Waals surface area contributed by atoms with Gasteiger partial charge in [-0.1, -0.05) is 0 Å². The van der Waals surface area contributed by atoms with Gasteiger partial charge in [0, 0.05) is 31.5 Å². The second-order valence-electron chi connectivity index (χ2n) is 9.31. The molecule has 190 valence electrons. The summed E-state index contributed by atoms with van der Waals surface area (Å²) < 4.78 is 39.4. The molecule has 0 saturated carbocycles. The predicted molar refractivity (Wildman–Crippen MR) is 134 cm³/mol. The highest BCUT2D eigenvalue weighted by Gasteiger charge is 2.28. The van der Waals surface area contributed by atoms with Crippen LogP contribution in [0.3, 0.4) is 0 Å². The van der Waals surface area contributed by atoms with Gasteiger partial charge < -0.3 is 19.7 Å². The molecule has 2 aromatic heterocycles. The van der Waals surface area contributed by atoms with Crippen molar-refractivity contribution in [3.8, 4) is 22.9 Å². The number of piperidine rings is 1. The van der Waals surface area contributed by atoms with Crippen molar-refractivity contribution in [3.63, 3.8) is 0 Å². The normalized spacial score (nSPS) is 15.9. The number of hydrogen-bond acceptors (Lipinski definition) is 7. The first-order valence-electron chi connectivity index (χ1n) is 11.4. The smallest absolute Gasteiger partial charge is 0.410 e. The third-order valence-corrected chi connectivity index (χ3v) is 5.93. The second kappa shape index (κ2) is 10.7. The van der Waals surface area contributed by atoms with Gasteiger partial charge >= 0.3 is 6.09 Å². The minimum absolute atomic E-state index is 0.00643. The standard InChI is InChI=1S/C25H26BrF2N5O3/c1-25(2,3)36-24(34)33-13-5-6-15(14-33)31-23-30-12-10-18(32-23)16-7-4-11-29-22(16)35-19-9-8-17(26)20(27)21(19)28/h4,7-12,15H,5-6,13-14H2,1-3H3,(H,30,31,32). The average Bonchev–Trinajstić information content (AvgIpc) is 2.84. The van der Waals surface area contributed by atoms with Crippen LogP contribution in [0.25, 0.3) is 11.3 Å². The zero-order valence-corrected chi connectivity index (χ0v) is 21.7. The molecule has 8 nitrogen and oxygen atoms in total. The molecule has 1 saturated heterocycles. The highest BCUT2D eigenvalue weighted by atomic mass is 79.9. The van der Waals surface area contributed by atoms with Crippen molar-refractivity contribution in [3.05, 3.63) is 58.8 Å². The molecule has 36 heavy (non-hydrogen) atoms. The molecule has 4 rings (SSSR count). The Morgan fingerprint density at radius 1 is 1.14 bits per heavy atom. The Labute approximate surface area is 216 Å². The van der Waals surface area contributed by atoms with Gasteiger partial charge in [0.1, 0.15) is 5.60 Å². The summed E-state index contributed by atoms with van der Waals surface area (Å²) in [5.74, 6) is -2.05. The van der Waals surface area contributed by atoms with Gasteiger partial charge in [-0.2, -0.15) is 4.39 Å². The van der Waals surface area contributed by atoms with E-state index < -0.39 is 17.2 Å². The number of carbonyl (C=O) groups is 1. The maximum Gasteiger partial charge on any atom is 0.410 e. The number of nitrogens with zero attached hydrogens (tertiary/aromatic N) is 4. The van der Waals surface area contributed by atoms with E-state index in [9.17, 15) is 13.6 Å². The number of ether oxygens (including phenoxy) is 2. The van der Waals surface area contributed by atoms with Gasteiger partial charge in [0.2, 0.25) is 17.6 Å². The summed E-state index contributed by atoms with van der Waals surface area (Å²) in [7, 11) is 0. The third kappa shape index (κ3) is 6.26. The fourth-order valence-electron chi connectivity index (χ4n) is 3.71. The number of amides is 1. The molecular weight excluding hydrogens is 536 g/mol. The van der Waals surface area contributed by atoms with Crippen LogP contribution in [-0.4, -0.2) is 50.7 Å². The van der Waals surface area contributed by atoms with Gasteiger partial charge in [-0.25, -0.2) is 24.1 Å². The Morgan fingerprint density at radius 2 is 1.94 bits per heavy atom. The van der Waals surface area contributed by atoms with Crippen molar-refractivity contribution in [2.75, 3.05) is 18.4 Å².